The van der Waals surface area contributed by atoms with Crippen molar-refractivity contribution >= 4 is 46.3 Å². The number of rotatable bonds is 9. The summed E-state index contributed by atoms with van der Waals surface area (Å²) in [6.07, 6.45) is 2.51. The van der Waals surface area contributed by atoms with Crippen molar-refractivity contribution in [1.82, 2.24) is 9.80 Å². The first-order chi connectivity index (χ1) is 18.6. The van der Waals surface area contributed by atoms with Crippen molar-refractivity contribution in [3.05, 3.63) is 88.5 Å². The van der Waals surface area contributed by atoms with Gasteiger partial charge in [-0.15, -0.1) is 0 Å². The van der Waals surface area contributed by atoms with Gasteiger partial charge in [0, 0.05) is 31.3 Å². The van der Waals surface area contributed by atoms with Crippen LogP contribution in [-0.2, 0) is 20.8 Å². The van der Waals surface area contributed by atoms with Crippen LogP contribution in [0.4, 0.5) is 0 Å². The average Bonchev–Trinajstić information content (AvgIpc) is 3.52. The summed E-state index contributed by atoms with van der Waals surface area (Å²) < 4.78 is 17.3. The van der Waals surface area contributed by atoms with E-state index in [0.29, 0.717) is 39.5 Å². The third-order valence-corrected chi connectivity index (χ3v) is 7.70. The molecule has 3 heterocycles. The molecule has 0 atom stereocenters. The number of furan rings is 1. The number of esters is 1. The van der Waals surface area contributed by atoms with E-state index < -0.39 is 0 Å². The molecule has 196 valence electrons. The highest BCUT2D eigenvalue weighted by Crippen LogP contribution is 2.34. The summed E-state index contributed by atoms with van der Waals surface area (Å²) in [7, 11) is 0. The van der Waals surface area contributed by atoms with Gasteiger partial charge >= 0.3 is 5.97 Å². The monoisotopic (exact) mass is 548 g/mol. The van der Waals surface area contributed by atoms with Gasteiger partial charge in [0.05, 0.1) is 36.8 Å². The number of morpholine rings is 1. The van der Waals surface area contributed by atoms with Crippen LogP contribution in [-0.4, -0.2) is 65.5 Å². The van der Waals surface area contributed by atoms with Gasteiger partial charge in [0.25, 0.3) is 5.91 Å². The van der Waals surface area contributed by atoms with Crippen molar-refractivity contribution in [3.8, 4) is 11.3 Å². The van der Waals surface area contributed by atoms with Gasteiger partial charge in [-0.2, -0.15) is 0 Å². The molecule has 2 fully saturated rings. The van der Waals surface area contributed by atoms with Gasteiger partial charge < -0.3 is 13.9 Å². The standard InChI is InChI=1S/C29H28N2O5S2/c32-27-26(38-29(37)31(27)20-21-5-2-1-3-6-21)19-24-11-12-25(36-24)22-7-9-23(10-8-22)28(33)35-16-4-13-30-14-17-34-18-15-30/h1-3,5-12,19H,4,13-18,20H2/b26-19+. The lowest BCUT2D eigenvalue weighted by Gasteiger charge is -2.26. The summed E-state index contributed by atoms with van der Waals surface area (Å²) >= 11 is 6.71. The highest BCUT2D eigenvalue weighted by atomic mass is 32.2. The predicted molar refractivity (Wildman–Crippen MR) is 151 cm³/mol. The quantitative estimate of drug-likeness (QED) is 0.156. The number of hydrogen-bond acceptors (Lipinski definition) is 8. The van der Waals surface area contributed by atoms with E-state index in [2.05, 4.69) is 4.90 Å². The second kappa shape index (κ2) is 12.5. The predicted octanol–water partition coefficient (Wildman–Crippen LogP) is 5.23. The van der Waals surface area contributed by atoms with Crippen LogP contribution in [0.1, 0.15) is 28.1 Å². The normalized spacial score (nSPS) is 17.4. The Balaban J connectivity index is 1.15. The first-order valence-electron chi connectivity index (χ1n) is 12.5. The van der Waals surface area contributed by atoms with Crippen LogP contribution in [0.2, 0.25) is 0 Å². The highest BCUT2D eigenvalue weighted by molar-refractivity contribution is 8.26. The fourth-order valence-corrected chi connectivity index (χ4v) is 5.48. The summed E-state index contributed by atoms with van der Waals surface area (Å²) in [5.74, 6) is 0.733. The fourth-order valence-electron chi connectivity index (χ4n) is 4.25. The number of benzene rings is 2. The zero-order valence-electron chi connectivity index (χ0n) is 20.8. The van der Waals surface area contributed by atoms with Crippen molar-refractivity contribution in [2.75, 3.05) is 39.5 Å². The second-order valence-corrected chi connectivity index (χ2v) is 10.7. The Morgan fingerprint density at radius 3 is 2.55 bits per heavy atom. The van der Waals surface area contributed by atoms with Gasteiger partial charge in [0.15, 0.2) is 0 Å². The van der Waals surface area contributed by atoms with Gasteiger partial charge in [0.1, 0.15) is 15.8 Å². The molecule has 2 saturated heterocycles. The van der Waals surface area contributed by atoms with Gasteiger partial charge in [-0.25, -0.2) is 4.79 Å². The molecule has 0 radical (unpaired) electrons. The fraction of sp³-hybridized carbons (Fsp3) is 0.276. The van der Waals surface area contributed by atoms with Crippen LogP contribution in [0.25, 0.3) is 17.4 Å². The Morgan fingerprint density at radius 2 is 1.79 bits per heavy atom. The number of carbonyl (C=O) groups excluding carboxylic acids is 2. The number of hydrogen-bond donors (Lipinski definition) is 0. The molecule has 38 heavy (non-hydrogen) atoms. The van der Waals surface area contributed by atoms with E-state index in [1.165, 1.54) is 11.8 Å². The molecular formula is C29H28N2O5S2. The average molecular weight is 549 g/mol. The number of amides is 1. The summed E-state index contributed by atoms with van der Waals surface area (Å²) in [6.45, 7) is 5.10. The van der Waals surface area contributed by atoms with Gasteiger partial charge in [-0.1, -0.05) is 66.4 Å². The Bertz CT molecular complexity index is 1310. The number of nitrogens with zero attached hydrogens (tertiary/aromatic N) is 2. The summed E-state index contributed by atoms with van der Waals surface area (Å²) in [5, 5.41) is 0. The van der Waals surface area contributed by atoms with E-state index in [9.17, 15) is 9.59 Å². The Kier molecular flexibility index (Phi) is 8.70. The molecule has 5 rings (SSSR count). The van der Waals surface area contributed by atoms with E-state index in [4.69, 9.17) is 26.1 Å². The van der Waals surface area contributed by atoms with Crippen molar-refractivity contribution in [1.29, 1.82) is 0 Å². The molecule has 0 bridgehead atoms. The molecule has 2 aliphatic rings. The van der Waals surface area contributed by atoms with Crippen molar-refractivity contribution in [2.24, 2.45) is 0 Å². The maximum atomic E-state index is 12.9. The third kappa shape index (κ3) is 6.60. The van der Waals surface area contributed by atoms with Crippen LogP contribution < -0.4 is 0 Å². The van der Waals surface area contributed by atoms with E-state index in [0.717, 1.165) is 50.4 Å². The minimum absolute atomic E-state index is 0.130. The largest absolute Gasteiger partial charge is 0.462 e. The highest BCUT2D eigenvalue weighted by Gasteiger charge is 2.32. The Morgan fingerprint density at radius 1 is 1.03 bits per heavy atom. The molecule has 0 spiro atoms. The van der Waals surface area contributed by atoms with Crippen LogP contribution in [0.15, 0.2) is 76.1 Å². The van der Waals surface area contributed by atoms with Gasteiger partial charge in [-0.3, -0.25) is 14.6 Å². The van der Waals surface area contributed by atoms with Crippen molar-refractivity contribution in [3.63, 3.8) is 0 Å². The number of thiocarbonyl (C=S) groups is 1. The van der Waals surface area contributed by atoms with Crippen LogP contribution in [0, 0.1) is 0 Å². The van der Waals surface area contributed by atoms with E-state index in [-0.39, 0.29) is 11.9 Å². The number of ether oxygens (including phenoxy) is 2. The lowest BCUT2D eigenvalue weighted by Crippen LogP contribution is -2.37. The summed E-state index contributed by atoms with van der Waals surface area (Å²) in [6, 6.07) is 20.5. The molecule has 3 aromatic rings. The first kappa shape index (κ1) is 26.4. The van der Waals surface area contributed by atoms with E-state index in [1.807, 2.05) is 54.6 Å². The first-order valence-corrected chi connectivity index (χ1v) is 13.8. The minimum atomic E-state index is -0.337. The molecule has 0 unspecified atom stereocenters. The zero-order valence-corrected chi connectivity index (χ0v) is 22.5. The Labute approximate surface area is 231 Å². The van der Waals surface area contributed by atoms with E-state index >= 15 is 0 Å². The minimum Gasteiger partial charge on any atom is -0.462 e. The van der Waals surface area contributed by atoms with Crippen molar-refractivity contribution in [2.45, 2.75) is 13.0 Å². The van der Waals surface area contributed by atoms with Gasteiger partial charge in [0.2, 0.25) is 0 Å². The maximum Gasteiger partial charge on any atom is 0.338 e. The lowest BCUT2D eigenvalue weighted by molar-refractivity contribution is -0.122. The third-order valence-electron chi connectivity index (χ3n) is 6.32. The maximum absolute atomic E-state index is 12.9. The van der Waals surface area contributed by atoms with E-state index in [1.54, 1.807) is 23.1 Å². The second-order valence-electron chi connectivity index (χ2n) is 8.98. The summed E-state index contributed by atoms with van der Waals surface area (Å²) in [4.78, 5) is 29.8. The zero-order chi connectivity index (χ0) is 26.3. The SMILES string of the molecule is O=C(OCCCN1CCOCC1)c1ccc(-c2ccc(/C=C3/SC(=S)N(Cc4ccccc4)C3=O)o2)cc1. The van der Waals surface area contributed by atoms with Crippen LogP contribution in [0.3, 0.4) is 0 Å². The van der Waals surface area contributed by atoms with Crippen LogP contribution >= 0.6 is 24.0 Å². The molecule has 0 aliphatic carbocycles. The molecule has 1 aromatic heterocycles. The molecule has 9 heteroatoms. The smallest absolute Gasteiger partial charge is 0.338 e. The number of thioether (sulfide) groups is 1. The Hall–Kier alpha value is -3.24. The molecular weight excluding hydrogens is 520 g/mol. The number of carbonyl (C=O) groups is 2. The summed E-state index contributed by atoms with van der Waals surface area (Å²) in [5.41, 5.74) is 2.34. The molecule has 1 amide bonds. The molecule has 7 nitrogen and oxygen atoms in total. The van der Waals surface area contributed by atoms with Crippen molar-refractivity contribution < 1.29 is 23.5 Å². The lowest BCUT2D eigenvalue weighted by atomic mass is 10.1. The molecule has 0 N–H and O–H groups in total. The molecule has 0 saturated carbocycles. The van der Waals surface area contributed by atoms with Gasteiger partial charge in [-0.05, 0) is 36.2 Å². The van der Waals surface area contributed by atoms with Crippen LogP contribution in [0.5, 0.6) is 0 Å². The molecule has 2 aliphatic heterocycles. The topological polar surface area (TPSA) is 72.2 Å². The molecule has 2 aromatic carbocycles.